The summed E-state index contributed by atoms with van der Waals surface area (Å²) in [5.74, 6) is 8.60. The highest BCUT2D eigenvalue weighted by Crippen LogP contribution is 2.54. The van der Waals surface area contributed by atoms with Crippen LogP contribution in [0.2, 0.25) is 0 Å². The standard InChI is InChI=1S/C27H37O2Si/c1-19(21-13-9-14-23-24(28)15-10-18-26(21,23)5)16-17-20-11-7-8-12-22(20)27(6,29-30)25(2,3)4/h7-8,11-12,19,21,23H,9-10,13-15,18H2,1-6H3. The SMILES string of the molecule is CC(C#Cc1ccccc1C(C)(O[Si])C(C)(C)C)C1CCCC2C(=O)CCCC21C. The number of fused-ring (bicyclic) bond motifs is 1. The van der Waals surface area contributed by atoms with Gasteiger partial charge in [-0.05, 0) is 61.0 Å². The number of Topliss-reactive ketones (excluding diaryl/α,β-unsaturated/α-hetero) is 1. The van der Waals surface area contributed by atoms with Gasteiger partial charge >= 0.3 is 0 Å². The number of hydrogen-bond acceptors (Lipinski definition) is 2. The fourth-order valence-electron chi connectivity index (χ4n) is 5.90. The van der Waals surface area contributed by atoms with Crippen molar-refractivity contribution in [3.63, 3.8) is 0 Å². The summed E-state index contributed by atoms with van der Waals surface area (Å²) in [6.45, 7) is 13.3. The van der Waals surface area contributed by atoms with Crippen LogP contribution in [0.25, 0.3) is 0 Å². The first kappa shape index (κ1) is 23.3. The van der Waals surface area contributed by atoms with Gasteiger partial charge in [0.15, 0.2) is 0 Å². The quantitative estimate of drug-likeness (QED) is 0.428. The van der Waals surface area contributed by atoms with E-state index in [1.54, 1.807) is 0 Å². The fraction of sp³-hybridized carbons (Fsp3) is 0.667. The van der Waals surface area contributed by atoms with E-state index in [4.69, 9.17) is 4.43 Å². The summed E-state index contributed by atoms with van der Waals surface area (Å²) in [6, 6.07) is 8.32. The van der Waals surface area contributed by atoms with E-state index >= 15 is 0 Å². The highest BCUT2D eigenvalue weighted by molar-refractivity contribution is 5.98. The summed E-state index contributed by atoms with van der Waals surface area (Å²) in [6.07, 6.45) is 6.38. The summed E-state index contributed by atoms with van der Waals surface area (Å²) in [4.78, 5) is 12.6. The van der Waals surface area contributed by atoms with Gasteiger partial charge in [0.05, 0.1) is 5.60 Å². The van der Waals surface area contributed by atoms with Gasteiger partial charge < -0.3 is 4.43 Å². The summed E-state index contributed by atoms with van der Waals surface area (Å²) in [5, 5.41) is 0. The molecule has 0 aliphatic heterocycles. The lowest BCUT2D eigenvalue weighted by Crippen LogP contribution is -2.47. The zero-order valence-corrected chi connectivity index (χ0v) is 20.6. The van der Waals surface area contributed by atoms with Crippen molar-refractivity contribution in [3.8, 4) is 11.8 Å². The van der Waals surface area contributed by atoms with Crippen LogP contribution < -0.4 is 0 Å². The lowest BCUT2D eigenvalue weighted by atomic mass is 9.53. The molecule has 1 aromatic rings. The lowest BCUT2D eigenvalue weighted by molar-refractivity contribution is -0.136. The van der Waals surface area contributed by atoms with E-state index in [0.717, 1.165) is 43.2 Å². The first-order valence-electron chi connectivity index (χ1n) is 11.5. The maximum Gasteiger partial charge on any atom is 0.247 e. The fourth-order valence-corrected chi connectivity index (χ4v) is 6.32. The van der Waals surface area contributed by atoms with Crippen molar-refractivity contribution in [1.29, 1.82) is 0 Å². The summed E-state index contributed by atoms with van der Waals surface area (Å²) in [7, 11) is 3.35. The molecule has 5 atom stereocenters. The Hall–Kier alpha value is -1.37. The molecule has 2 saturated carbocycles. The molecule has 2 aliphatic rings. The first-order valence-corrected chi connectivity index (χ1v) is 11.9. The molecule has 3 rings (SSSR count). The molecule has 0 aromatic heterocycles. The van der Waals surface area contributed by atoms with Crippen LogP contribution in [0, 0.1) is 40.4 Å². The number of carbonyl (C=O) groups excluding carboxylic acids is 1. The van der Waals surface area contributed by atoms with Crippen LogP contribution in [0.15, 0.2) is 24.3 Å². The minimum Gasteiger partial charge on any atom is -0.409 e. The molecule has 0 spiro atoms. The molecule has 2 fully saturated rings. The maximum atomic E-state index is 12.6. The van der Waals surface area contributed by atoms with Gasteiger partial charge in [-0.3, -0.25) is 4.79 Å². The van der Waals surface area contributed by atoms with Gasteiger partial charge in [-0.25, -0.2) is 0 Å². The van der Waals surface area contributed by atoms with E-state index in [1.165, 1.54) is 6.42 Å². The number of hydrogen-bond donors (Lipinski definition) is 0. The Balaban J connectivity index is 1.92. The van der Waals surface area contributed by atoms with Crippen molar-refractivity contribution in [3.05, 3.63) is 35.4 Å². The topological polar surface area (TPSA) is 26.3 Å². The van der Waals surface area contributed by atoms with E-state index in [-0.39, 0.29) is 22.7 Å². The normalized spacial score (nSPS) is 29.9. The summed E-state index contributed by atoms with van der Waals surface area (Å²) in [5.41, 5.74) is 1.63. The first-order chi connectivity index (χ1) is 14.0. The summed E-state index contributed by atoms with van der Waals surface area (Å²) < 4.78 is 5.85. The van der Waals surface area contributed by atoms with Gasteiger partial charge in [0.2, 0.25) is 10.5 Å². The minimum absolute atomic E-state index is 0.106. The highest BCUT2D eigenvalue weighted by atomic mass is 28.2. The monoisotopic (exact) mass is 421 g/mol. The van der Waals surface area contributed by atoms with Crippen molar-refractivity contribution in [2.24, 2.45) is 28.6 Å². The Morgan fingerprint density at radius 2 is 1.87 bits per heavy atom. The molecular weight excluding hydrogens is 384 g/mol. The third kappa shape index (κ3) is 4.06. The Labute approximate surface area is 187 Å². The van der Waals surface area contributed by atoms with E-state index in [2.05, 4.69) is 82.1 Å². The number of rotatable bonds is 3. The second-order valence-corrected chi connectivity index (χ2v) is 11.1. The molecule has 30 heavy (non-hydrogen) atoms. The molecule has 0 N–H and O–H groups in total. The van der Waals surface area contributed by atoms with Crippen LogP contribution >= 0.6 is 0 Å². The predicted octanol–water partition coefficient (Wildman–Crippen LogP) is 6.21. The van der Waals surface area contributed by atoms with Crippen molar-refractivity contribution >= 4 is 16.3 Å². The van der Waals surface area contributed by atoms with Crippen LogP contribution in [0.1, 0.15) is 91.2 Å². The molecule has 2 aliphatic carbocycles. The van der Waals surface area contributed by atoms with Crippen LogP contribution in [0.3, 0.4) is 0 Å². The van der Waals surface area contributed by atoms with Gasteiger partial charge in [0.25, 0.3) is 0 Å². The van der Waals surface area contributed by atoms with Crippen molar-refractivity contribution in [1.82, 2.24) is 0 Å². The van der Waals surface area contributed by atoms with E-state index in [9.17, 15) is 4.79 Å². The zero-order chi connectivity index (χ0) is 22.2. The summed E-state index contributed by atoms with van der Waals surface area (Å²) >= 11 is 0. The maximum absolute atomic E-state index is 12.6. The van der Waals surface area contributed by atoms with Gasteiger partial charge in [-0.1, -0.05) is 71.1 Å². The van der Waals surface area contributed by atoms with Gasteiger partial charge in [-0.15, -0.1) is 0 Å². The predicted molar refractivity (Wildman–Crippen MR) is 124 cm³/mol. The Kier molecular flexibility index (Phi) is 6.70. The zero-order valence-electron chi connectivity index (χ0n) is 19.6. The van der Waals surface area contributed by atoms with Crippen LogP contribution in [0.5, 0.6) is 0 Å². The smallest absolute Gasteiger partial charge is 0.247 e. The molecule has 5 unspecified atom stereocenters. The molecule has 2 nitrogen and oxygen atoms in total. The number of ketones is 1. The molecular formula is C27H37O2Si. The molecule has 0 heterocycles. The number of carbonyl (C=O) groups is 1. The Morgan fingerprint density at radius 3 is 2.53 bits per heavy atom. The van der Waals surface area contributed by atoms with Crippen LogP contribution in [-0.4, -0.2) is 16.3 Å². The largest absolute Gasteiger partial charge is 0.409 e. The van der Waals surface area contributed by atoms with E-state index in [0.29, 0.717) is 11.7 Å². The van der Waals surface area contributed by atoms with Crippen molar-refractivity contribution < 1.29 is 9.22 Å². The van der Waals surface area contributed by atoms with Crippen LogP contribution in [-0.2, 0) is 14.8 Å². The average Bonchev–Trinajstić information content (AvgIpc) is 2.70. The Bertz CT molecular complexity index is 842. The molecule has 0 saturated heterocycles. The van der Waals surface area contributed by atoms with E-state index < -0.39 is 5.60 Å². The highest BCUT2D eigenvalue weighted by Gasteiger charge is 2.49. The second kappa shape index (κ2) is 8.64. The number of benzene rings is 1. The van der Waals surface area contributed by atoms with Crippen LogP contribution in [0.4, 0.5) is 0 Å². The third-order valence-corrected chi connectivity index (χ3v) is 8.70. The molecule has 0 bridgehead atoms. The van der Waals surface area contributed by atoms with Crippen molar-refractivity contribution in [2.75, 3.05) is 0 Å². The third-order valence-electron chi connectivity index (χ3n) is 8.29. The van der Waals surface area contributed by atoms with Gasteiger partial charge in [0, 0.05) is 23.8 Å². The minimum atomic E-state index is -0.504. The average molecular weight is 422 g/mol. The van der Waals surface area contributed by atoms with Gasteiger partial charge in [0.1, 0.15) is 5.78 Å². The molecule has 161 valence electrons. The second-order valence-electron chi connectivity index (χ2n) is 10.9. The van der Waals surface area contributed by atoms with Crippen molar-refractivity contribution in [2.45, 2.75) is 85.7 Å². The Morgan fingerprint density at radius 1 is 1.17 bits per heavy atom. The molecule has 3 heteroatoms. The van der Waals surface area contributed by atoms with Gasteiger partial charge in [-0.2, -0.15) is 0 Å². The molecule has 0 amide bonds. The molecule has 1 aromatic carbocycles. The van der Waals surface area contributed by atoms with E-state index in [1.807, 2.05) is 6.07 Å². The lowest BCUT2D eigenvalue weighted by Gasteiger charge is -2.51. The molecule has 3 radical (unpaired) electrons.